The van der Waals surface area contributed by atoms with Gasteiger partial charge in [-0.15, -0.1) is 0 Å². The Morgan fingerprint density at radius 1 is 1.47 bits per heavy atom. The highest BCUT2D eigenvalue weighted by atomic mass is 19.3. The average Bonchev–Trinajstić information content (AvgIpc) is 3.12. The lowest BCUT2D eigenvalue weighted by atomic mass is 9.78. The van der Waals surface area contributed by atoms with Crippen LogP contribution in [0.25, 0.3) is 0 Å². The molecule has 0 spiro atoms. The van der Waals surface area contributed by atoms with Gasteiger partial charge in [0.25, 0.3) is 6.43 Å². The summed E-state index contributed by atoms with van der Waals surface area (Å²) in [5, 5.41) is 12.7. The first kappa shape index (κ1) is 14.7. The zero-order valence-electron chi connectivity index (χ0n) is 11.2. The molecule has 0 heterocycles. The van der Waals surface area contributed by atoms with Crippen molar-refractivity contribution in [2.75, 3.05) is 13.6 Å². The fourth-order valence-electron chi connectivity index (χ4n) is 2.99. The molecule has 0 radical (unpaired) electrons. The highest BCUT2D eigenvalue weighted by molar-refractivity contribution is 5.79. The molecule has 2 unspecified atom stereocenters. The summed E-state index contributed by atoms with van der Waals surface area (Å²) < 4.78 is 24.9. The molecule has 2 saturated carbocycles. The minimum absolute atomic E-state index is 0.0786. The van der Waals surface area contributed by atoms with Gasteiger partial charge in [-0.05, 0) is 45.6 Å². The highest BCUT2D eigenvalue weighted by Crippen LogP contribution is 2.34. The molecule has 2 N–H and O–H groups in total. The Hall–Kier alpha value is -0.750. The third-order valence-corrected chi connectivity index (χ3v) is 4.24. The van der Waals surface area contributed by atoms with Crippen LogP contribution in [0, 0.1) is 0 Å². The lowest BCUT2D eigenvalue weighted by molar-refractivity contribution is -0.147. The monoisotopic (exact) mass is 276 g/mol. The van der Waals surface area contributed by atoms with Crippen molar-refractivity contribution in [3.63, 3.8) is 0 Å². The number of halogens is 2. The van der Waals surface area contributed by atoms with Crippen molar-refractivity contribution in [3.05, 3.63) is 0 Å². The number of hydrogen-bond donors (Lipinski definition) is 2. The van der Waals surface area contributed by atoms with Gasteiger partial charge in [0.1, 0.15) is 5.54 Å². The van der Waals surface area contributed by atoms with Crippen molar-refractivity contribution in [1.29, 1.82) is 0 Å². The Morgan fingerprint density at radius 3 is 2.68 bits per heavy atom. The molecule has 19 heavy (non-hydrogen) atoms. The third kappa shape index (κ3) is 3.63. The van der Waals surface area contributed by atoms with Crippen molar-refractivity contribution >= 4 is 5.97 Å². The second-order valence-corrected chi connectivity index (χ2v) is 5.89. The topological polar surface area (TPSA) is 52.6 Å². The van der Waals surface area contributed by atoms with Crippen molar-refractivity contribution < 1.29 is 18.7 Å². The van der Waals surface area contributed by atoms with Crippen LogP contribution < -0.4 is 5.32 Å². The maximum Gasteiger partial charge on any atom is 0.323 e. The molecule has 0 amide bonds. The molecule has 0 aromatic carbocycles. The first-order chi connectivity index (χ1) is 8.93. The van der Waals surface area contributed by atoms with Crippen LogP contribution in [0.3, 0.4) is 0 Å². The molecule has 4 nitrogen and oxygen atoms in total. The summed E-state index contributed by atoms with van der Waals surface area (Å²) in [7, 11) is 1.66. The van der Waals surface area contributed by atoms with Gasteiger partial charge in [0.05, 0.1) is 6.54 Å². The first-order valence-corrected chi connectivity index (χ1v) is 6.92. The average molecular weight is 276 g/mol. The van der Waals surface area contributed by atoms with Crippen LogP contribution in [0.4, 0.5) is 8.78 Å². The van der Waals surface area contributed by atoms with Crippen LogP contribution >= 0.6 is 0 Å². The third-order valence-electron chi connectivity index (χ3n) is 4.24. The Kier molecular flexibility index (Phi) is 4.40. The Morgan fingerprint density at radius 2 is 2.16 bits per heavy atom. The van der Waals surface area contributed by atoms with E-state index in [4.69, 9.17) is 0 Å². The van der Waals surface area contributed by atoms with Gasteiger partial charge >= 0.3 is 5.97 Å². The molecule has 6 heteroatoms. The van der Waals surface area contributed by atoms with E-state index in [1.54, 1.807) is 11.9 Å². The van der Waals surface area contributed by atoms with Crippen molar-refractivity contribution in [3.8, 4) is 0 Å². The van der Waals surface area contributed by atoms with Gasteiger partial charge in [0.15, 0.2) is 0 Å². The van der Waals surface area contributed by atoms with Crippen LogP contribution in [0.1, 0.15) is 38.5 Å². The maximum absolute atomic E-state index is 12.4. The Labute approximate surface area is 112 Å². The molecule has 0 saturated heterocycles. The summed E-state index contributed by atoms with van der Waals surface area (Å²) in [6, 6.07) is 0.223. The summed E-state index contributed by atoms with van der Waals surface area (Å²) in [4.78, 5) is 13.2. The molecular weight excluding hydrogens is 254 g/mol. The number of nitrogens with one attached hydrogen (secondary N) is 1. The van der Waals surface area contributed by atoms with E-state index in [-0.39, 0.29) is 12.6 Å². The van der Waals surface area contributed by atoms with E-state index in [2.05, 4.69) is 5.32 Å². The quantitative estimate of drug-likeness (QED) is 0.775. The first-order valence-electron chi connectivity index (χ1n) is 6.92. The van der Waals surface area contributed by atoms with Crippen LogP contribution in [-0.2, 0) is 4.79 Å². The summed E-state index contributed by atoms with van der Waals surface area (Å²) in [6.45, 7) is -0.288. The molecule has 2 atom stereocenters. The van der Waals surface area contributed by atoms with Gasteiger partial charge in [0, 0.05) is 12.1 Å². The highest BCUT2D eigenvalue weighted by Gasteiger charge is 2.46. The summed E-state index contributed by atoms with van der Waals surface area (Å²) >= 11 is 0. The number of carbonyl (C=O) groups is 1. The molecule has 0 aromatic heterocycles. The van der Waals surface area contributed by atoms with E-state index in [0.29, 0.717) is 18.9 Å². The van der Waals surface area contributed by atoms with Crippen molar-refractivity contribution in [1.82, 2.24) is 10.2 Å². The minimum Gasteiger partial charge on any atom is -0.480 e. The second kappa shape index (κ2) is 5.71. The molecular formula is C13H22F2N2O2. The van der Waals surface area contributed by atoms with Gasteiger partial charge in [0.2, 0.25) is 0 Å². The van der Waals surface area contributed by atoms with Crippen molar-refractivity contribution in [2.24, 2.45) is 0 Å². The largest absolute Gasteiger partial charge is 0.480 e. The van der Waals surface area contributed by atoms with Crippen LogP contribution in [0.5, 0.6) is 0 Å². The van der Waals surface area contributed by atoms with Gasteiger partial charge in [-0.3, -0.25) is 15.0 Å². The van der Waals surface area contributed by atoms with E-state index < -0.39 is 17.9 Å². The predicted molar refractivity (Wildman–Crippen MR) is 67.4 cm³/mol. The molecule has 0 aliphatic heterocycles. The van der Waals surface area contributed by atoms with Gasteiger partial charge < -0.3 is 5.11 Å². The predicted octanol–water partition coefficient (Wildman–Crippen LogP) is 1.70. The lowest BCUT2D eigenvalue weighted by Crippen LogP contribution is -2.58. The fraction of sp³-hybridized carbons (Fsp3) is 0.923. The summed E-state index contributed by atoms with van der Waals surface area (Å²) in [5.74, 6) is -0.838. The molecule has 0 bridgehead atoms. The normalized spacial score (nSPS) is 31.9. The van der Waals surface area contributed by atoms with E-state index in [1.807, 2.05) is 0 Å². The van der Waals surface area contributed by atoms with Crippen molar-refractivity contribution in [2.45, 2.75) is 62.6 Å². The van der Waals surface area contributed by atoms with Gasteiger partial charge in [-0.25, -0.2) is 8.78 Å². The molecule has 0 aromatic rings. The van der Waals surface area contributed by atoms with Crippen LogP contribution in [0.2, 0.25) is 0 Å². The van der Waals surface area contributed by atoms with E-state index in [9.17, 15) is 18.7 Å². The van der Waals surface area contributed by atoms with E-state index in [1.165, 1.54) is 0 Å². The number of nitrogens with zero attached hydrogens (tertiary/aromatic N) is 1. The minimum atomic E-state index is -2.37. The zero-order valence-corrected chi connectivity index (χ0v) is 11.2. The number of carboxylic acids is 1. The molecule has 2 fully saturated rings. The molecule has 2 aliphatic rings. The van der Waals surface area contributed by atoms with E-state index in [0.717, 1.165) is 25.7 Å². The second-order valence-electron chi connectivity index (χ2n) is 5.89. The molecule has 2 aliphatic carbocycles. The lowest BCUT2D eigenvalue weighted by Gasteiger charge is -2.41. The van der Waals surface area contributed by atoms with Crippen LogP contribution in [0.15, 0.2) is 0 Å². The standard InChI is InChI=1S/C13H22F2N2O2/c1-17(8-11(14)15)10-3-2-6-13(7-10,12(18)19)16-9-4-5-9/h9-11,16H,2-8H2,1H3,(H,18,19). The number of carboxylic acid groups (broad SMARTS) is 1. The Bertz CT molecular complexity index is 337. The van der Waals surface area contributed by atoms with Gasteiger partial charge in [-0.1, -0.05) is 0 Å². The van der Waals surface area contributed by atoms with Crippen LogP contribution in [-0.4, -0.2) is 53.6 Å². The fourth-order valence-corrected chi connectivity index (χ4v) is 2.99. The number of aliphatic carboxylic acids is 1. The zero-order chi connectivity index (χ0) is 14.0. The summed E-state index contributed by atoms with van der Waals surface area (Å²) in [5.41, 5.74) is -0.916. The number of rotatable bonds is 6. The summed E-state index contributed by atoms with van der Waals surface area (Å²) in [6.07, 6.45) is 2.25. The molecule has 110 valence electrons. The SMILES string of the molecule is CN(CC(F)F)C1CCCC(NC2CC2)(C(=O)O)C1. The van der Waals surface area contributed by atoms with E-state index >= 15 is 0 Å². The van der Waals surface area contributed by atoms with Gasteiger partial charge in [-0.2, -0.15) is 0 Å². The maximum atomic E-state index is 12.4. The number of alkyl halides is 2. The Balaban J connectivity index is 2.01. The molecule has 2 rings (SSSR count). The smallest absolute Gasteiger partial charge is 0.323 e. The number of hydrogen-bond acceptors (Lipinski definition) is 3.